The van der Waals surface area contributed by atoms with Crippen molar-refractivity contribution in [3.63, 3.8) is 0 Å². The van der Waals surface area contributed by atoms with Crippen molar-refractivity contribution in [1.82, 2.24) is 4.31 Å². The van der Waals surface area contributed by atoms with Crippen molar-refractivity contribution < 1.29 is 17.9 Å². The molecular weight excluding hydrogens is 362 g/mol. The minimum Gasteiger partial charge on any atom is -0.494 e. The van der Waals surface area contributed by atoms with E-state index >= 15 is 0 Å². The first-order chi connectivity index (χ1) is 12.0. The van der Waals surface area contributed by atoms with Crippen LogP contribution in [0.25, 0.3) is 0 Å². The van der Waals surface area contributed by atoms with Gasteiger partial charge in [-0.25, -0.2) is 8.42 Å². The summed E-state index contributed by atoms with van der Waals surface area (Å²) in [6, 6.07) is 13.9. The summed E-state index contributed by atoms with van der Waals surface area (Å²) in [5, 5.41) is 0.681. The van der Waals surface area contributed by atoms with E-state index in [4.69, 9.17) is 21.1 Å². The fourth-order valence-corrected chi connectivity index (χ4v) is 4.15. The van der Waals surface area contributed by atoms with Crippen molar-refractivity contribution in [1.29, 1.82) is 0 Å². The van der Waals surface area contributed by atoms with E-state index in [9.17, 15) is 8.42 Å². The molecule has 5 nitrogen and oxygen atoms in total. The smallest absolute Gasteiger partial charge is 0.243 e. The second-order valence-electron chi connectivity index (χ2n) is 5.79. The monoisotopic (exact) mass is 381 g/mol. The number of benzene rings is 2. The largest absolute Gasteiger partial charge is 0.494 e. The summed E-state index contributed by atoms with van der Waals surface area (Å²) in [6.45, 7) is 3.60. The second-order valence-corrected chi connectivity index (χ2v) is 8.16. The number of nitrogens with zero attached hydrogens (tertiary/aromatic N) is 1. The minimum absolute atomic E-state index is 0.0897. The first-order valence-corrected chi connectivity index (χ1v) is 9.90. The molecule has 0 aliphatic carbocycles. The first kappa shape index (κ1) is 18.2. The predicted molar refractivity (Wildman–Crippen MR) is 96.4 cm³/mol. The summed E-state index contributed by atoms with van der Waals surface area (Å²) >= 11 is 5.85. The van der Waals surface area contributed by atoms with Gasteiger partial charge in [-0.3, -0.25) is 0 Å². The van der Waals surface area contributed by atoms with Crippen molar-refractivity contribution >= 4 is 21.6 Å². The van der Waals surface area contributed by atoms with Gasteiger partial charge in [0.05, 0.1) is 24.2 Å². The van der Waals surface area contributed by atoms with E-state index in [0.717, 1.165) is 5.56 Å². The lowest BCUT2D eigenvalue weighted by atomic mass is 10.2. The second kappa shape index (κ2) is 7.74. The quantitative estimate of drug-likeness (QED) is 0.738. The van der Waals surface area contributed by atoms with Crippen LogP contribution in [0.15, 0.2) is 53.4 Å². The Bertz CT molecular complexity index is 800. The fourth-order valence-electron chi connectivity index (χ4n) is 2.52. The molecule has 3 rings (SSSR count). The lowest BCUT2D eigenvalue weighted by Crippen LogP contribution is -2.54. The van der Waals surface area contributed by atoms with Gasteiger partial charge in [0.25, 0.3) is 0 Å². The molecule has 0 bridgehead atoms. The van der Waals surface area contributed by atoms with E-state index in [0.29, 0.717) is 37.1 Å². The maximum Gasteiger partial charge on any atom is 0.243 e. The number of hydrogen-bond acceptors (Lipinski definition) is 4. The highest BCUT2D eigenvalue weighted by Crippen LogP contribution is 2.25. The summed E-state index contributed by atoms with van der Waals surface area (Å²) in [6.07, 6.45) is -0.0897. The van der Waals surface area contributed by atoms with Gasteiger partial charge in [0.15, 0.2) is 0 Å². The molecular formula is C18H20ClNO4S. The molecule has 134 valence electrons. The van der Waals surface area contributed by atoms with Crippen LogP contribution in [0.5, 0.6) is 5.75 Å². The molecule has 1 fully saturated rings. The van der Waals surface area contributed by atoms with Crippen molar-refractivity contribution in [2.24, 2.45) is 0 Å². The van der Waals surface area contributed by atoms with E-state index in [1.807, 2.05) is 31.2 Å². The zero-order chi connectivity index (χ0) is 17.9. The number of halogens is 1. The Morgan fingerprint density at radius 3 is 2.32 bits per heavy atom. The topological polar surface area (TPSA) is 55.8 Å². The summed E-state index contributed by atoms with van der Waals surface area (Å²) in [5.41, 5.74) is 1.01. The summed E-state index contributed by atoms with van der Waals surface area (Å²) in [7, 11) is -3.48. The normalized spacial score (nSPS) is 15.8. The zero-order valence-electron chi connectivity index (χ0n) is 13.9. The van der Waals surface area contributed by atoms with Crippen LogP contribution in [0.2, 0.25) is 5.02 Å². The molecule has 0 amide bonds. The Hall–Kier alpha value is -1.60. The molecule has 0 radical (unpaired) electrons. The molecule has 0 atom stereocenters. The van der Waals surface area contributed by atoms with Gasteiger partial charge >= 0.3 is 0 Å². The lowest BCUT2D eigenvalue weighted by Gasteiger charge is -2.37. The van der Waals surface area contributed by atoms with Crippen LogP contribution in [0.1, 0.15) is 12.5 Å². The first-order valence-electron chi connectivity index (χ1n) is 8.08. The van der Waals surface area contributed by atoms with Gasteiger partial charge in [0.1, 0.15) is 5.75 Å². The van der Waals surface area contributed by atoms with Crippen molar-refractivity contribution in [3.8, 4) is 5.75 Å². The average Bonchev–Trinajstić information content (AvgIpc) is 2.56. The SMILES string of the molecule is CCOc1ccc(S(=O)(=O)N2CC(OCc3ccc(Cl)cc3)C2)cc1. The number of sulfonamides is 1. The maximum absolute atomic E-state index is 12.6. The Morgan fingerprint density at radius 1 is 1.08 bits per heavy atom. The van der Waals surface area contributed by atoms with Crippen LogP contribution < -0.4 is 4.74 Å². The molecule has 25 heavy (non-hydrogen) atoms. The Morgan fingerprint density at radius 2 is 1.72 bits per heavy atom. The Balaban J connectivity index is 1.53. The molecule has 1 heterocycles. The number of rotatable bonds is 7. The van der Waals surface area contributed by atoms with Crippen LogP contribution in [0.4, 0.5) is 0 Å². The van der Waals surface area contributed by atoms with Crippen LogP contribution in [-0.4, -0.2) is 38.5 Å². The van der Waals surface area contributed by atoms with E-state index in [-0.39, 0.29) is 11.0 Å². The molecule has 1 aliphatic rings. The predicted octanol–water partition coefficient (Wildman–Crippen LogP) is 3.33. The molecule has 0 N–H and O–H groups in total. The van der Waals surface area contributed by atoms with Crippen molar-refractivity contribution in [3.05, 3.63) is 59.1 Å². The van der Waals surface area contributed by atoms with E-state index in [1.54, 1.807) is 24.3 Å². The Labute approximate surface area is 153 Å². The standard InChI is InChI=1S/C18H20ClNO4S/c1-2-23-16-7-9-18(10-8-16)25(21,22)20-11-17(12-20)24-13-14-3-5-15(19)6-4-14/h3-10,17H,2,11-13H2,1H3. The van der Waals surface area contributed by atoms with Gasteiger partial charge in [-0.2, -0.15) is 4.31 Å². The molecule has 2 aromatic rings. The third-order valence-electron chi connectivity index (χ3n) is 3.99. The van der Waals surface area contributed by atoms with Crippen LogP contribution in [0.3, 0.4) is 0 Å². The summed E-state index contributed by atoms with van der Waals surface area (Å²) < 4.78 is 37.6. The van der Waals surface area contributed by atoms with Crippen molar-refractivity contribution in [2.45, 2.75) is 24.5 Å². The van der Waals surface area contributed by atoms with Gasteiger partial charge in [-0.15, -0.1) is 0 Å². The molecule has 1 saturated heterocycles. The average molecular weight is 382 g/mol. The number of hydrogen-bond donors (Lipinski definition) is 0. The van der Waals surface area contributed by atoms with E-state index in [2.05, 4.69) is 0 Å². The summed E-state index contributed by atoms with van der Waals surface area (Å²) in [5.74, 6) is 0.661. The van der Waals surface area contributed by atoms with Crippen molar-refractivity contribution in [2.75, 3.05) is 19.7 Å². The fraction of sp³-hybridized carbons (Fsp3) is 0.333. The van der Waals surface area contributed by atoms with Crippen LogP contribution in [-0.2, 0) is 21.4 Å². The van der Waals surface area contributed by atoms with Gasteiger partial charge in [-0.1, -0.05) is 23.7 Å². The van der Waals surface area contributed by atoms with Crippen LogP contribution in [0, 0.1) is 0 Å². The highest BCUT2D eigenvalue weighted by Gasteiger charge is 2.37. The molecule has 0 aromatic heterocycles. The molecule has 1 aliphatic heterocycles. The Kier molecular flexibility index (Phi) is 5.64. The van der Waals surface area contributed by atoms with Gasteiger partial charge in [0.2, 0.25) is 10.0 Å². The number of ether oxygens (including phenoxy) is 2. The third-order valence-corrected chi connectivity index (χ3v) is 6.08. The highest BCUT2D eigenvalue weighted by atomic mass is 35.5. The molecule has 7 heteroatoms. The third kappa shape index (κ3) is 4.33. The molecule has 0 unspecified atom stereocenters. The highest BCUT2D eigenvalue weighted by molar-refractivity contribution is 7.89. The van der Waals surface area contributed by atoms with Crippen LogP contribution >= 0.6 is 11.6 Å². The molecule has 2 aromatic carbocycles. The zero-order valence-corrected chi connectivity index (χ0v) is 15.5. The van der Waals surface area contributed by atoms with Gasteiger partial charge < -0.3 is 9.47 Å². The lowest BCUT2D eigenvalue weighted by molar-refractivity contribution is -0.0295. The van der Waals surface area contributed by atoms with E-state index in [1.165, 1.54) is 4.31 Å². The van der Waals surface area contributed by atoms with Gasteiger partial charge in [0, 0.05) is 18.1 Å². The minimum atomic E-state index is -3.48. The molecule has 0 saturated carbocycles. The summed E-state index contributed by atoms with van der Waals surface area (Å²) in [4.78, 5) is 0.270. The van der Waals surface area contributed by atoms with Gasteiger partial charge in [-0.05, 0) is 48.9 Å². The maximum atomic E-state index is 12.6. The van der Waals surface area contributed by atoms with E-state index < -0.39 is 10.0 Å². The molecule has 0 spiro atoms.